The molecule has 1 nitrogen and oxygen atoms in total. The Balaban J connectivity index is 0.00000121. The molecule has 3 unspecified atom stereocenters. The minimum atomic E-state index is -0.0289. The molecule has 0 aromatic rings. The van der Waals surface area contributed by atoms with Gasteiger partial charge in [-0.1, -0.05) is 27.2 Å². The van der Waals surface area contributed by atoms with Gasteiger partial charge in [-0.05, 0) is 30.6 Å². The second-order valence-corrected chi connectivity index (χ2v) is 4.39. The molecule has 1 N–H and O–H groups in total. The standard InChI is InChI=1S/C10H20O.C/c1-7(2)9-5-4-8(3)6-10(9)11;/h7-11H,4-6H2,1-3H3;. The van der Waals surface area contributed by atoms with Gasteiger partial charge in [-0.25, -0.2) is 0 Å². The SMILES string of the molecule is CC1CCC(C(C)C)C(O)C1.[C]. The molecular formula is C11H20O. The molecule has 1 aliphatic carbocycles. The molecule has 3 atom stereocenters. The molecule has 1 aliphatic rings. The van der Waals surface area contributed by atoms with Gasteiger partial charge in [0.15, 0.2) is 0 Å². The van der Waals surface area contributed by atoms with Crippen LogP contribution < -0.4 is 0 Å². The third-order valence-electron chi connectivity index (χ3n) is 2.99. The van der Waals surface area contributed by atoms with Crippen molar-refractivity contribution in [2.24, 2.45) is 17.8 Å². The Morgan fingerprint density at radius 3 is 2.25 bits per heavy atom. The summed E-state index contributed by atoms with van der Waals surface area (Å²) in [5.41, 5.74) is 0. The molecule has 12 heavy (non-hydrogen) atoms. The largest absolute Gasteiger partial charge is 0.393 e. The number of aliphatic hydroxyl groups excluding tert-OH is 1. The third-order valence-corrected chi connectivity index (χ3v) is 2.99. The van der Waals surface area contributed by atoms with Crippen molar-refractivity contribution in [1.29, 1.82) is 0 Å². The van der Waals surface area contributed by atoms with Crippen molar-refractivity contribution in [3.63, 3.8) is 0 Å². The van der Waals surface area contributed by atoms with Gasteiger partial charge < -0.3 is 5.11 Å². The van der Waals surface area contributed by atoms with Crippen molar-refractivity contribution in [1.82, 2.24) is 0 Å². The minimum absolute atomic E-state index is 0. The van der Waals surface area contributed by atoms with Gasteiger partial charge in [0.05, 0.1) is 6.10 Å². The molecule has 1 heteroatoms. The van der Waals surface area contributed by atoms with E-state index < -0.39 is 0 Å². The Kier molecular flexibility index (Phi) is 4.84. The molecule has 70 valence electrons. The van der Waals surface area contributed by atoms with E-state index in [1.807, 2.05) is 0 Å². The first-order valence-corrected chi connectivity index (χ1v) is 4.79. The Bertz CT molecular complexity index is 120. The highest BCUT2D eigenvalue weighted by Crippen LogP contribution is 2.33. The Morgan fingerprint density at radius 1 is 1.25 bits per heavy atom. The molecule has 0 amide bonds. The van der Waals surface area contributed by atoms with Crippen LogP contribution in [0.15, 0.2) is 0 Å². The maximum absolute atomic E-state index is 9.71. The molecule has 0 spiro atoms. The van der Waals surface area contributed by atoms with Gasteiger partial charge in [0, 0.05) is 7.43 Å². The van der Waals surface area contributed by atoms with Crippen molar-refractivity contribution >= 4 is 0 Å². The molecule has 0 aliphatic heterocycles. The summed E-state index contributed by atoms with van der Waals surface area (Å²) in [6, 6.07) is 0. The number of hydrogen-bond donors (Lipinski definition) is 1. The molecule has 1 saturated carbocycles. The van der Waals surface area contributed by atoms with Crippen molar-refractivity contribution < 1.29 is 5.11 Å². The maximum Gasteiger partial charge on any atom is 0.0573 e. The van der Waals surface area contributed by atoms with Crippen LogP contribution in [0.1, 0.15) is 40.0 Å². The first-order valence-electron chi connectivity index (χ1n) is 4.79. The van der Waals surface area contributed by atoms with E-state index in [9.17, 15) is 5.11 Å². The monoisotopic (exact) mass is 168 g/mol. The second-order valence-electron chi connectivity index (χ2n) is 4.39. The zero-order valence-electron chi connectivity index (χ0n) is 8.38. The summed E-state index contributed by atoms with van der Waals surface area (Å²) in [4.78, 5) is 0. The van der Waals surface area contributed by atoms with Crippen LogP contribution in [-0.4, -0.2) is 11.2 Å². The van der Waals surface area contributed by atoms with E-state index in [4.69, 9.17) is 0 Å². The van der Waals surface area contributed by atoms with Gasteiger partial charge in [-0.3, -0.25) is 0 Å². The molecule has 4 radical (unpaired) electrons. The Hall–Kier alpha value is -0.0400. The predicted octanol–water partition coefficient (Wildman–Crippen LogP) is 2.52. The maximum atomic E-state index is 9.71. The van der Waals surface area contributed by atoms with Gasteiger partial charge in [-0.15, -0.1) is 0 Å². The van der Waals surface area contributed by atoms with E-state index in [0.29, 0.717) is 11.8 Å². The Morgan fingerprint density at radius 2 is 1.83 bits per heavy atom. The van der Waals surface area contributed by atoms with Gasteiger partial charge in [0.2, 0.25) is 0 Å². The molecular weight excluding hydrogens is 148 g/mol. The Labute approximate surface area is 77.2 Å². The average molecular weight is 168 g/mol. The fraction of sp³-hybridized carbons (Fsp3) is 0.909. The van der Waals surface area contributed by atoms with Crippen LogP contribution >= 0.6 is 0 Å². The van der Waals surface area contributed by atoms with Crippen LogP contribution in [0, 0.1) is 25.2 Å². The summed E-state index contributed by atoms with van der Waals surface area (Å²) in [5.74, 6) is 1.95. The van der Waals surface area contributed by atoms with E-state index in [0.717, 1.165) is 12.3 Å². The zero-order chi connectivity index (χ0) is 8.43. The molecule has 0 heterocycles. The van der Waals surface area contributed by atoms with Gasteiger partial charge >= 0.3 is 0 Å². The number of aliphatic hydroxyl groups is 1. The fourth-order valence-electron chi connectivity index (χ4n) is 2.15. The van der Waals surface area contributed by atoms with Crippen LogP contribution in [0.3, 0.4) is 0 Å². The van der Waals surface area contributed by atoms with Crippen molar-refractivity contribution in [3.05, 3.63) is 7.43 Å². The van der Waals surface area contributed by atoms with E-state index in [1.165, 1.54) is 12.8 Å². The summed E-state index contributed by atoms with van der Waals surface area (Å²) in [5, 5.41) is 9.71. The van der Waals surface area contributed by atoms with E-state index >= 15 is 0 Å². The van der Waals surface area contributed by atoms with E-state index in [1.54, 1.807) is 0 Å². The highest BCUT2D eigenvalue weighted by Gasteiger charge is 2.28. The van der Waals surface area contributed by atoms with Gasteiger partial charge in [0.1, 0.15) is 0 Å². The molecule has 0 aromatic heterocycles. The van der Waals surface area contributed by atoms with Crippen LogP contribution in [0.4, 0.5) is 0 Å². The lowest BCUT2D eigenvalue weighted by Gasteiger charge is -2.33. The van der Waals surface area contributed by atoms with E-state index in [-0.39, 0.29) is 13.5 Å². The molecule has 1 rings (SSSR count). The quantitative estimate of drug-likeness (QED) is 0.638. The van der Waals surface area contributed by atoms with E-state index in [2.05, 4.69) is 20.8 Å². The topological polar surface area (TPSA) is 20.2 Å². The zero-order valence-corrected chi connectivity index (χ0v) is 8.38. The fourth-order valence-corrected chi connectivity index (χ4v) is 2.15. The van der Waals surface area contributed by atoms with Crippen molar-refractivity contribution in [3.8, 4) is 0 Å². The minimum Gasteiger partial charge on any atom is -0.393 e. The smallest absolute Gasteiger partial charge is 0.0573 e. The van der Waals surface area contributed by atoms with Crippen molar-refractivity contribution in [2.75, 3.05) is 0 Å². The van der Waals surface area contributed by atoms with Gasteiger partial charge in [0.25, 0.3) is 0 Å². The summed E-state index contributed by atoms with van der Waals surface area (Å²) in [7, 11) is 0. The summed E-state index contributed by atoms with van der Waals surface area (Å²) in [6.45, 7) is 6.66. The summed E-state index contributed by atoms with van der Waals surface area (Å²) in [6.07, 6.45) is 3.52. The highest BCUT2D eigenvalue weighted by molar-refractivity contribution is 4.79. The molecule has 0 aromatic carbocycles. The molecule has 0 saturated heterocycles. The van der Waals surface area contributed by atoms with Crippen LogP contribution in [0.2, 0.25) is 0 Å². The van der Waals surface area contributed by atoms with Crippen LogP contribution in [-0.2, 0) is 0 Å². The van der Waals surface area contributed by atoms with Crippen molar-refractivity contribution in [2.45, 2.75) is 46.1 Å². The lowest BCUT2D eigenvalue weighted by Crippen LogP contribution is -2.31. The first kappa shape index (κ1) is 12.0. The molecule has 0 bridgehead atoms. The summed E-state index contributed by atoms with van der Waals surface area (Å²) >= 11 is 0. The predicted molar refractivity (Wildman–Crippen MR) is 50.6 cm³/mol. The second kappa shape index (κ2) is 4.86. The lowest BCUT2D eigenvalue weighted by molar-refractivity contribution is 0.0266. The normalized spacial score (nSPS) is 36.2. The average Bonchev–Trinajstić information content (AvgIpc) is 1.85. The first-order chi connectivity index (χ1) is 5.11. The van der Waals surface area contributed by atoms with Crippen LogP contribution in [0.25, 0.3) is 0 Å². The highest BCUT2D eigenvalue weighted by atomic mass is 16.3. The van der Waals surface area contributed by atoms with Gasteiger partial charge in [-0.2, -0.15) is 0 Å². The number of hydrogen-bond acceptors (Lipinski definition) is 1. The lowest BCUT2D eigenvalue weighted by atomic mass is 9.75. The summed E-state index contributed by atoms with van der Waals surface area (Å²) < 4.78 is 0. The van der Waals surface area contributed by atoms with Crippen LogP contribution in [0.5, 0.6) is 0 Å². The number of rotatable bonds is 1. The third kappa shape index (κ3) is 2.78. The molecule has 1 fully saturated rings.